The Kier molecular flexibility index (Phi) is 3.79. The van der Waals surface area contributed by atoms with Crippen LogP contribution < -0.4 is 0 Å². The molecule has 0 spiro atoms. The van der Waals surface area contributed by atoms with Crippen molar-refractivity contribution in [2.75, 3.05) is 0 Å². The molecular formula is C18H22N2O. The Morgan fingerprint density at radius 1 is 1.14 bits per heavy atom. The molecule has 1 aliphatic heterocycles. The van der Waals surface area contributed by atoms with E-state index in [2.05, 4.69) is 37.0 Å². The zero-order chi connectivity index (χ0) is 14.9. The Balaban J connectivity index is 2.16. The Morgan fingerprint density at radius 2 is 1.81 bits per heavy atom. The molecule has 0 bridgehead atoms. The maximum absolute atomic E-state index is 11.0. The van der Waals surface area contributed by atoms with E-state index in [0.717, 1.165) is 24.8 Å². The van der Waals surface area contributed by atoms with Crippen molar-refractivity contribution in [2.45, 2.75) is 44.7 Å². The van der Waals surface area contributed by atoms with Crippen molar-refractivity contribution < 1.29 is 5.21 Å². The molecule has 3 heteroatoms. The maximum atomic E-state index is 11.0. The summed E-state index contributed by atoms with van der Waals surface area (Å²) in [5.41, 5.74) is 3.44. The first kappa shape index (κ1) is 14.2. The molecule has 0 saturated carbocycles. The van der Waals surface area contributed by atoms with Crippen molar-refractivity contribution in [3.63, 3.8) is 0 Å². The van der Waals surface area contributed by atoms with Gasteiger partial charge in [0, 0.05) is 12.4 Å². The van der Waals surface area contributed by atoms with Gasteiger partial charge in [0.2, 0.25) is 0 Å². The van der Waals surface area contributed by atoms with Crippen molar-refractivity contribution in [1.29, 1.82) is 0 Å². The van der Waals surface area contributed by atoms with E-state index in [-0.39, 0.29) is 11.6 Å². The van der Waals surface area contributed by atoms with Crippen LogP contribution in [0.5, 0.6) is 0 Å². The molecule has 1 N–H and O–H groups in total. The van der Waals surface area contributed by atoms with Gasteiger partial charge < -0.3 is 5.21 Å². The van der Waals surface area contributed by atoms with Gasteiger partial charge in [-0.25, -0.2) is 0 Å². The molecule has 0 saturated heterocycles. The quantitative estimate of drug-likeness (QED) is 0.925. The SMILES string of the molecule is CCC1(CC)Cc2ccccc2C(c2ccncc2)N1O. The number of hydrogen-bond acceptors (Lipinski definition) is 3. The van der Waals surface area contributed by atoms with Crippen molar-refractivity contribution in [3.05, 3.63) is 65.5 Å². The van der Waals surface area contributed by atoms with Gasteiger partial charge in [-0.1, -0.05) is 38.1 Å². The third kappa shape index (κ3) is 2.27. The van der Waals surface area contributed by atoms with Crippen molar-refractivity contribution in [1.82, 2.24) is 10.0 Å². The van der Waals surface area contributed by atoms with Gasteiger partial charge in [-0.2, -0.15) is 5.06 Å². The molecule has 0 aliphatic carbocycles. The standard InChI is InChI=1S/C18H22N2O/c1-3-18(4-2)13-15-7-5-6-8-16(15)17(20(18)21)14-9-11-19-12-10-14/h5-12,17,21H,3-4,13H2,1-2H3. The van der Waals surface area contributed by atoms with Gasteiger partial charge in [0.25, 0.3) is 0 Å². The van der Waals surface area contributed by atoms with E-state index >= 15 is 0 Å². The van der Waals surface area contributed by atoms with Crippen LogP contribution in [0.15, 0.2) is 48.8 Å². The summed E-state index contributed by atoms with van der Waals surface area (Å²) in [5, 5.41) is 12.6. The second-order valence-corrected chi connectivity index (χ2v) is 5.83. The summed E-state index contributed by atoms with van der Waals surface area (Å²) >= 11 is 0. The van der Waals surface area contributed by atoms with E-state index < -0.39 is 0 Å². The fourth-order valence-corrected chi connectivity index (χ4v) is 3.49. The van der Waals surface area contributed by atoms with Crippen LogP contribution in [0, 0.1) is 0 Å². The van der Waals surface area contributed by atoms with E-state index in [1.54, 1.807) is 17.5 Å². The lowest BCUT2D eigenvalue weighted by atomic mass is 9.76. The smallest absolute Gasteiger partial charge is 0.0859 e. The first-order chi connectivity index (χ1) is 10.2. The molecule has 1 unspecified atom stereocenters. The van der Waals surface area contributed by atoms with Gasteiger partial charge in [0.05, 0.1) is 11.6 Å². The average molecular weight is 282 g/mol. The summed E-state index contributed by atoms with van der Waals surface area (Å²) in [6.45, 7) is 4.31. The molecule has 110 valence electrons. The molecule has 21 heavy (non-hydrogen) atoms. The Hall–Kier alpha value is -1.71. The van der Waals surface area contributed by atoms with Gasteiger partial charge in [-0.05, 0) is 48.1 Å². The Labute approximate surface area is 126 Å². The molecule has 1 atom stereocenters. The number of benzene rings is 1. The molecule has 0 amide bonds. The van der Waals surface area contributed by atoms with Crippen LogP contribution in [0.4, 0.5) is 0 Å². The third-order valence-electron chi connectivity index (χ3n) is 4.94. The molecule has 2 heterocycles. The summed E-state index contributed by atoms with van der Waals surface area (Å²) < 4.78 is 0. The molecule has 0 radical (unpaired) electrons. The van der Waals surface area contributed by atoms with E-state index in [1.807, 2.05) is 18.2 Å². The Bertz CT molecular complexity index is 608. The first-order valence-corrected chi connectivity index (χ1v) is 7.68. The molecule has 1 aliphatic rings. The summed E-state index contributed by atoms with van der Waals surface area (Å²) in [6.07, 6.45) is 6.33. The highest BCUT2D eigenvalue weighted by molar-refractivity contribution is 5.40. The van der Waals surface area contributed by atoms with Crippen molar-refractivity contribution >= 4 is 0 Å². The normalized spacial score (nSPS) is 21.0. The minimum Gasteiger partial charge on any atom is -0.313 e. The zero-order valence-corrected chi connectivity index (χ0v) is 12.7. The highest BCUT2D eigenvalue weighted by Crippen LogP contribution is 2.43. The predicted molar refractivity (Wildman–Crippen MR) is 83.2 cm³/mol. The van der Waals surface area contributed by atoms with Crippen LogP contribution >= 0.6 is 0 Å². The van der Waals surface area contributed by atoms with E-state index in [1.165, 1.54) is 11.1 Å². The van der Waals surface area contributed by atoms with Crippen molar-refractivity contribution in [3.8, 4) is 0 Å². The van der Waals surface area contributed by atoms with Crippen LogP contribution in [0.2, 0.25) is 0 Å². The van der Waals surface area contributed by atoms with Crippen LogP contribution in [0.25, 0.3) is 0 Å². The van der Waals surface area contributed by atoms with Gasteiger partial charge in [0.15, 0.2) is 0 Å². The summed E-state index contributed by atoms with van der Waals surface area (Å²) in [7, 11) is 0. The van der Waals surface area contributed by atoms with E-state index in [9.17, 15) is 5.21 Å². The zero-order valence-electron chi connectivity index (χ0n) is 12.7. The number of nitrogens with zero attached hydrogens (tertiary/aromatic N) is 2. The number of rotatable bonds is 3. The fraction of sp³-hybridized carbons (Fsp3) is 0.389. The predicted octanol–water partition coefficient (Wildman–Crippen LogP) is 3.98. The number of hydrogen-bond donors (Lipinski definition) is 1. The van der Waals surface area contributed by atoms with Crippen LogP contribution in [-0.2, 0) is 6.42 Å². The Morgan fingerprint density at radius 3 is 2.48 bits per heavy atom. The van der Waals surface area contributed by atoms with Crippen LogP contribution in [0.3, 0.4) is 0 Å². The minimum atomic E-state index is -0.192. The van der Waals surface area contributed by atoms with Crippen molar-refractivity contribution in [2.24, 2.45) is 0 Å². The van der Waals surface area contributed by atoms with E-state index in [0.29, 0.717) is 0 Å². The number of fused-ring (bicyclic) bond motifs is 1. The number of aromatic nitrogens is 1. The van der Waals surface area contributed by atoms with Gasteiger partial charge in [0.1, 0.15) is 0 Å². The summed E-state index contributed by atoms with van der Waals surface area (Å²) in [4.78, 5) is 4.10. The lowest BCUT2D eigenvalue weighted by Gasteiger charge is -2.48. The number of hydroxylamine groups is 2. The molecule has 1 aromatic heterocycles. The fourth-order valence-electron chi connectivity index (χ4n) is 3.49. The van der Waals surface area contributed by atoms with Crippen LogP contribution in [-0.4, -0.2) is 20.8 Å². The highest BCUT2D eigenvalue weighted by Gasteiger charge is 2.43. The molecule has 1 aromatic carbocycles. The highest BCUT2D eigenvalue weighted by atomic mass is 16.5. The first-order valence-electron chi connectivity index (χ1n) is 7.68. The van der Waals surface area contributed by atoms with E-state index in [4.69, 9.17) is 0 Å². The topological polar surface area (TPSA) is 36.4 Å². The molecule has 3 rings (SSSR count). The van der Waals surface area contributed by atoms with Gasteiger partial charge in [-0.15, -0.1) is 0 Å². The molecule has 3 nitrogen and oxygen atoms in total. The third-order valence-corrected chi connectivity index (χ3v) is 4.94. The molecule has 2 aromatic rings. The largest absolute Gasteiger partial charge is 0.313 e. The minimum absolute atomic E-state index is 0.113. The number of pyridine rings is 1. The average Bonchev–Trinajstić information content (AvgIpc) is 2.55. The second kappa shape index (κ2) is 5.58. The summed E-state index contributed by atoms with van der Waals surface area (Å²) in [6, 6.07) is 12.3. The van der Waals surface area contributed by atoms with Crippen LogP contribution in [0.1, 0.15) is 49.4 Å². The van der Waals surface area contributed by atoms with Gasteiger partial charge >= 0.3 is 0 Å². The molecular weight excluding hydrogens is 260 g/mol. The second-order valence-electron chi connectivity index (χ2n) is 5.83. The summed E-state index contributed by atoms with van der Waals surface area (Å²) in [5.74, 6) is 0. The maximum Gasteiger partial charge on any atom is 0.0859 e. The van der Waals surface area contributed by atoms with Gasteiger partial charge in [-0.3, -0.25) is 4.98 Å². The lowest BCUT2D eigenvalue weighted by Crippen LogP contribution is -2.52. The monoisotopic (exact) mass is 282 g/mol. The molecule has 0 fully saturated rings. The lowest BCUT2D eigenvalue weighted by molar-refractivity contribution is -0.205.